The molecule has 0 fully saturated rings. The Morgan fingerprint density at radius 2 is 1.82 bits per heavy atom. The minimum atomic E-state index is 0.712. The van der Waals surface area contributed by atoms with E-state index in [2.05, 4.69) is 44.3 Å². The normalized spacial score (nSPS) is 10.6. The molecule has 0 N–H and O–H groups in total. The summed E-state index contributed by atoms with van der Waals surface area (Å²) in [7, 11) is 0. The van der Waals surface area contributed by atoms with Crippen LogP contribution < -0.4 is 0 Å². The third-order valence-corrected chi connectivity index (χ3v) is 3.70. The highest BCUT2D eigenvalue weighted by Crippen LogP contribution is 2.32. The van der Waals surface area contributed by atoms with E-state index in [1.54, 1.807) is 0 Å². The highest BCUT2D eigenvalue weighted by atomic mass is 35.5. The number of rotatable bonds is 2. The monoisotopic (exact) mass is 280 g/mol. The zero-order valence-electron chi connectivity index (χ0n) is 9.44. The number of benzene rings is 2. The number of halogens is 1. The van der Waals surface area contributed by atoms with Crippen LogP contribution in [0.15, 0.2) is 41.3 Å². The molecule has 0 heterocycles. The van der Waals surface area contributed by atoms with E-state index in [9.17, 15) is 0 Å². The maximum atomic E-state index is 6.26. The van der Waals surface area contributed by atoms with Crippen molar-refractivity contribution in [2.24, 2.45) is 0 Å². The lowest BCUT2D eigenvalue weighted by molar-refractivity contribution is 1.36. The van der Waals surface area contributed by atoms with Gasteiger partial charge in [0.25, 0.3) is 0 Å². The van der Waals surface area contributed by atoms with Gasteiger partial charge in [-0.1, -0.05) is 23.7 Å². The molecule has 0 bridgehead atoms. The van der Waals surface area contributed by atoms with Crippen molar-refractivity contribution >= 4 is 36.9 Å². The van der Waals surface area contributed by atoms with E-state index in [0.29, 0.717) is 5.75 Å². The fourth-order valence-corrected chi connectivity index (χ4v) is 2.40. The van der Waals surface area contributed by atoms with Crippen LogP contribution in [0, 0.1) is 6.92 Å². The molecule has 0 aliphatic carbocycles. The molecule has 2 aromatic rings. The van der Waals surface area contributed by atoms with Crippen molar-refractivity contribution in [2.75, 3.05) is 0 Å². The Morgan fingerprint density at radius 1 is 1.06 bits per heavy atom. The maximum Gasteiger partial charge on any atom is 0.0484 e. The SMILES string of the molecule is Cc1ccc(S)cc1-c1cc(CS)ccc1Cl. The van der Waals surface area contributed by atoms with Crippen molar-refractivity contribution in [3.8, 4) is 11.1 Å². The summed E-state index contributed by atoms with van der Waals surface area (Å²) in [6.07, 6.45) is 0. The van der Waals surface area contributed by atoms with Gasteiger partial charge in [-0.15, -0.1) is 12.6 Å². The minimum absolute atomic E-state index is 0.712. The van der Waals surface area contributed by atoms with Crippen molar-refractivity contribution in [1.29, 1.82) is 0 Å². The summed E-state index contributed by atoms with van der Waals surface area (Å²) in [5.41, 5.74) is 4.54. The Morgan fingerprint density at radius 3 is 2.53 bits per heavy atom. The number of hydrogen-bond acceptors (Lipinski definition) is 2. The van der Waals surface area contributed by atoms with Gasteiger partial charge in [0.15, 0.2) is 0 Å². The summed E-state index contributed by atoms with van der Waals surface area (Å²) in [4.78, 5) is 0.943. The van der Waals surface area contributed by atoms with Crippen LogP contribution >= 0.6 is 36.9 Å². The largest absolute Gasteiger partial charge is 0.175 e. The van der Waals surface area contributed by atoms with E-state index in [1.165, 1.54) is 5.56 Å². The van der Waals surface area contributed by atoms with Crippen molar-refractivity contribution in [3.63, 3.8) is 0 Å². The Balaban J connectivity index is 2.62. The van der Waals surface area contributed by atoms with Gasteiger partial charge in [-0.25, -0.2) is 0 Å². The number of thiol groups is 2. The standard InChI is InChI=1S/C14H13ClS2/c1-9-2-4-11(17)7-12(9)13-6-10(8-16)3-5-14(13)15/h2-7,16-17H,8H2,1H3. The fraction of sp³-hybridized carbons (Fsp3) is 0.143. The average molecular weight is 281 g/mol. The summed E-state index contributed by atoms with van der Waals surface area (Å²) in [6.45, 7) is 2.08. The van der Waals surface area contributed by atoms with Gasteiger partial charge in [0, 0.05) is 21.2 Å². The lowest BCUT2D eigenvalue weighted by Crippen LogP contribution is -1.87. The molecule has 2 aromatic carbocycles. The van der Waals surface area contributed by atoms with Crippen molar-refractivity contribution < 1.29 is 0 Å². The topological polar surface area (TPSA) is 0 Å². The quantitative estimate of drug-likeness (QED) is 0.708. The first-order chi connectivity index (χ1) is 8.11. The van der Waals surface area contributed by atoms with Crippen LogP contribution in [0.4, 0.5) is 0 Å². The second kappa shape index (κ2) is 5.38. The maximum absolute atomic E-state index is 6.26. The summed E-state index contributed by atoms with van der Waals surface area (Å²) in [6, 6.07) is 12.1. The van der Waals surface area contributed by atoms with Crippen molar-refractivity contribution in [1.82, 2.24) is 0 Å². The molecule has 0 nitrogen and oxygen atoms in total. The number of hydrogen-bond donors (Lipinski definition) is 2. The number of aryl methyl sites for hydroxylation is 1. The van der Waals surface area contributed by atoms with Gasteiger partial charge < -0.3 is 0 Å². The van der Waals surface area contributed by atoms with E-state index in [1.807, 2.05) is 24.3 Å². The molecule has 0 aromatic heterocycles. The highest BCUT2D eigenvalue weighted by molar-refractivity contribution is 7.80. The van der Waals surface area contributed by atoms with E-state index >= 15 is 0 Å². The Kier molecular flexibility index (Phi) is 4.08. The Labute approximate surface area is 118 Å². The molecule has 0 aliphatic heterocycles. The molecule has 0 unspecified atom stereocenters. The van der Waals surface area contributed by atoms with Gasteiger partial charge in [-0.05, 0) is 47.9 Å². The fourth-order valence-electron chi connectivity index (χ4n) is 1.78. The molecule has 2 rings (SSSR count). The third kappa shape index (κ3) is 2.82. The molecule has 88 valence electrons. The lowest BCUT2D eigenvalue weighted by atomic mass is 9.99. The van der Waals surface area contributed by atoms with Gasteiger partial charge in [-0.2, -0.15) is 12.6 Å². The van der Waals surface area contributed by atoms with E-state index in [-0.39, 0.29) is 0 Å². The van der Waals surface area contributed by atoms with E-state index < -0.39 is 0 Å². The van der Waals surface area contributed by atoms with Crippen LogP contribution in [-0.4, -0.2) is 0 Å². The van der Waals surface area contributed by atoms with Gasteiger partial charge in [0.1, 0.15) is 0 Å². The molecule has 0 saturated heterocycles. The predicted octanol–water partition coefficient (Wildman–Crippen LogP) is 5.03. The predicted molar refractivity (Wildman–Crippen MR) is 81.6 cm³/mol. The van der Waals surface area contributed by atoms with Gasteiger partial charge in [-0.3, -0.25) is 0 Å². The zero-order valence-corrected chi connectivity index (χ0v) is 12.0. The first-order valence-electron chi connectivity index (χ1n) is 5.31. The zero-order chi connectivity index (χ0) is 12.4. The second-order valence-corrected chi connectivity index (χ2v) is 5.21. The van der Waals surface area contributed by atoms with Crippen LogP contribution in [0.3, 0.4) is 0 Å². The molecule has 0 amide bonds. The summed E-state index contributed by atoms with van der Waals surface area (Å²) >= 11 is 14.9. The van der Waals surface area contributed by atoms with Crippen LogP contribution in [0.1, 0.15) is 11.1 Å². The van der Waals surface area contributed by atoms with Gasteiger partial charge >= 0.3 is 0 Å². The van der Waals surface area contributed by atoms with Crippen LogP contribution in [0.2, 0.25) is 5.02 Å². The molecule has 0 radical (unpaired) electrons. The van der Waals surface area contributed by atoms with Crippen LogP contribution in [0.25, 0.3) is 11.1 Å². The summed E-state index contributed by atoms with van der Waals surface area (Å²) in [5.74, 6) is 0.712. The molecule has 0 atom stereocenters. The molecular formula is C14H13ClS2. The molecule has 3 heteroatoms. The van der Waals surface area contributed by atoms with Crippen LogP contribution in [-0.2, 0) is 5.75 Å². The minimum Gasteiger partial charge on any atom is -0.175 e. The molecule has 0 spiro atoms. The Hall–Kier alpha value is -0.570. The summed E-state index contributed by atoms with van der Waals surface area (Å²) in [5, 5.41) is 0.762. The van der Waals surface area contributed by atoms with Gasteiger partial charge in [0.05, 0.1) is 0 Å². The molecule has 0 aliphatic rings. The first kappa shape index (κ1) is 12.9. The smallest absolute Gasteiger partial charge is 0.0484 e. The van der Waals surface area contributed by atoms with Crippen molar-refractivity contribution in [3.05, 3.63) is 52.5 Å². The van der Waals surface area contributed by atoms with Crippen molar-refractivity contribution in [2.45, 2.75) is 17.6 Å². The average Bonchev–Trinajstić information content (AvgIpc) is 2.33. The van der Waals surface area contributed by atoms with E-state index in [0.717, 1.165) is 26.6 Å². The second-order valence-electron chi connectivity index (χ2n) is 3.97. The molecule has 0 saturated carbocycles. The van der Waals surface area contributed by atoms with E-state index in [4.69, 9.17) is 11.6 Å². The third-order valence-electron chi connectivity index (χ3n) is 2.72. The highest BCUT2D eigenvalue weighted by Gasteiger charge is 2.07. The Bertz CT molecular complexity index is 550. The van der Waals surface area contributed by atoms with Crippen LogP contribution in [0.5, 0.6) is 0 Å². The summed E-state index contributed by atoms with van der Waals surface area (Å²) < 4.78 is 0. The molecular weight excluding hydrogens is 268 g/mol. The van der Waals surface area contributed by atoms with Gasteiger partial charge in [0.2, 0.25) is 0 Å². The molecule has 17 heavy (non-hydrogen) atoms. The lowest BCUT2D eigenvalue weighted by Gasteiger charge is -2.10. The first-order valence-corrected chi connectivity index (χ1v) is 6.77.